The lowest BCUT2D eigenvalue weighted by atomic mass is 10.1. The normalized spacial score (nSPS) is 16.1. The maximum Gasteiger partial charge on any atom is 0.329 e. The first-order chi connectivity index (χ1) is 13.8. The number of nitrogens with zero attached hydrogens (tertiary/aromatic N) is 1. The van der Waals surface area contributed by atoms with Crippen molar-refractivity contribution in [3.8, 4) is 0 Å². The van der Waals surface area contributed by atoms with Crippen molar-refractivity contribution >= 4 is 58.3 Å². The van der Waals surface area contributed by atoms with Crippen LogP contribution in [0.3, 0.4) is 0 Å². The van der Waals surface area contributed by atoms with Crippen molar-refractivity contribution in [3.63, 3.8) is 0 Å². The number of likely N-dealkylation sites (tertiary alicyclic amines) is 1. The molecule has 0 unspecified atom stereocenters. The Hall–Kier alpha value is -2.28. The number of benzene rings is 2. The summed E-state index contributed by atoms with van der Waals surface area (Å²) < 4.78 is 0. The molecule has 2 aromatic rings. The van der Waals surface area contributed by atoms with Crippen LogP contribution in [-0.4, -0.2) is 28.8 Å². The van der Waals surface area contributed by atoms with Crippen LogP contribution in [0.5, 0.6) is 0 Å². The lowest BCUT2D eigenvalue weighted by Gasteiger charge is -2.23. The van der Waals surface area contributed by atoms with Gasteiger partial charge in [0.2, 0.25) is 11.8 Å². The van der Waals surface area contributed by atoms with E-state index in [0.29, 0.717) is 15.7 Å². The van der Waals surface area contributed by atoms with Gasteiger partial charge in [0.1, 0.15) is 6.04 Å². The van der Waals surface area contributed by atoms with Gasteiger partial charge in [-0.1, -0.05) is 46.9 Å². The molecule has 1 fully saturated rings. The molecule has 0 aromatic heterocycles. The molecule has 1 aliphatic heterocycles. The Labute approximate surface area is 183 Å². The van der Waals surface area contributed by atoms with Gasteiger partial charge < -0.3 is 10.6 Å². The van der Waals surface area contributed by atoms with Crippen molar-refractivity contribution in [1.82, 2.24) is 10.2 Å². The SMILES string of the molecule is Cc1ccc(CNC(=O)[C@@H]2CCC(=O)N2C(=O)Nc2ccc(Cl)cc2Cl)c(Cl)c1. The average Bonchev–Trinajstić information content (AvgIpc) is 3.05. The van der Waals surface area contributed by atoms with Gasteiger partial charge in [0.25, 0.3) is 0 Å². The maximum absolute atomic E-state index is 12.6. The van der Waals surface area contributed by atoms with Crippen LogP contribution in [0.1, 0.15) is 24.0 Å². The fraction of sp³-hybridized carbons (Fsp3) is 0.250. The van der Waals surface area contributed by atoms with E-state index in [9.17, 15) is 14.4 Å². The number of carbonyl (C=O) groups is 3. The van der Waals surface area contributed by atoms with Crippen LogP contribution in [-0.2, 0) is 16.1 Å². The highest BCUT2D eigenvalue weighted by Crippen LogP contribution is 2.27. The summed E-state index contributed by atoms with van der Waals surface area (Å²) in [6, 6.07) is 8.45. The highest BCUT2D eigenvalue weighted by atomic mass is 35.5. The van der Waals surface area contributed by atoms with Crippen LogP contribution >= 0.6 is 34.8 Å². The van der Waals surface area contributed by atoms with E-state index in [0.717, 1.165) is 16.0 Å². The first kappa shape index (κ1) is 21.4. The second kappa shape index (κ2) is 9.03. The predicted molar refractivity (Wildman–Crippen MR) is 113 cm³/mol. The molecule has 29 heavy (non-hydrogen) atoms. The summed E-state index contributed by atoms with van der Waals surface area (Å²) >= 11 is 18.1. The highest BCUT2D eigenvalue weighted by molar-refractivity contribution is 6.36. The van der Waals surface area contributed by atoms with Gasteiger partial charge in [-0.2, -0.15) is 0 Å². The maximum atomic E-state index is 12.6. The Bertz CT molecular complexity index is 981. The molecule has 0 aliphatic carbocycles. The van der Waals surface area contributed by atoms with Gasteiger partial charge in [-0.15, -0.1) is 0 Å². The van der Waals surface area contributed by atoms with Crippen LogP contribution in [0, 0.1) is 6.92 Å². The third-order valence-electron chi connectivity index (χ3n) is 4.57. The van der Waals surface area contributed by atoms with Crippen LogP contribution in [0.25, 0.3) is 0 Å². The molecule has 3 rings (SSSR count). The number of rotatable bonds is 4. The number of anilines is 1. The van der Waals surface area contributed by atoms with Gasteiger partial charge >= 0.3 is 6.03 Å². The van der Waals surface area contributed by atoms with E-state index in [1.54, 1.807) is 12.1 Å². The Balaban J connectivity index is 1.68. The Kier molecular flexibility index (Phi) is 6.67. The molecule has 0 radical (unpaired) electrons. The van der Waals surface area contributed by atoms with Gasteiger partial charge in [0.05, 0.1) is 10.7 Å². The number of amides is 4. The minimum atomic E-state index is -0.905. The van der Waals surface area contributed by atoms with Crippen molar-refractivity contribution in [1.29, 1.82) is 0 Å². The minimum absolute atomic E-state index is 0.102. The van der Waals surface area contributed by atoms with E-state index in [1.807, 2.05) is 19.1 Å². The average molecular weight is 455 g/mol. The van der Waals surface area contributed by atoms with E-state index in [4.69, 9.17) is 34.8 Å². The summed E-state index contributed by atoms with van der Waals surface area (Å²) in [6.07, 6.45) is 0.346. The molecule has 152 valence electrons. The van der Waals surface area contributed by atoms with Crippen molar-refractivity contribution in [2.24, 2.45) is 0 Å². The third-order valence-corrected chi connectivity index (χ3v) is 5.47. The molecular weight excluding hydrogens is 437 g/mol. The molecule has 0 bridgehead atoms. The fourth-order valence-corrected chi connectivity index (χ4v) is 3.81. The number of halogens is 3. The number of aryl methyl sites for hydroxylation is 1. The van der Waals surface area contributed by atoms with Crippen molar-refractivity contribution in [3.05, 3.63) is 62.6 Å². The zero-order valence-electron chi connectivity index (χ0n) is 15.5. The molecule has 1 aliphatic rings. The molecule has 1 atom stereocenters. The van der Waals surface area contributed by atoms with Crippen molar-refractivity contribution in [2.75, 3.05) is 5.32 Å². The van der Waals surface area contributed by atoms with Gasteiger partial charge in [-0.25, -0.2) is 4.79 Å². The number of imide groups is 1. The summed E-state index contributed by atoms with van der Waals surface area (Å²) in [5, 5.41) is 6.49. The number of carbonyl (C=O) groups excluding carboxylic acids is 3. The molecule has 4 amide bonds. The summed E-state index contributed by atoms with van der Waals surface area (Å²) in [5.41, 5.74) is 2.06. The summed E-state index contributed by atoms with van der Waals surface area (Å²) in [5.74, 6) is -0.856. The Morgan fingerprint density at radius 2 is 1.86 bits per heavy atom. The molecule has 9 heteroatoms. The molecule has 2 aromatic carbocycles. The van der Waals surface area contributed by atoms with Gasteiger partial charge in [0, 0.05) is 23.0 Å². The van der Waals surface area contributed by atoms with Crippen LogP contribution < -0.4 is 10.6 Å². The zero-order chi connectivity index (χ0) is 21.1. The number of urea groups is 1. The van der Waals surface area contributed by atoms with Crippen molar-refractivity contribution < 1.29 is 14.4 Å². The van der Waals surface area contributed by atoms with Crippen LogP contribution in [0.15, 0.2) is 36.4 Å². The van der Waals surface area contributed by atoms with Crippen LogP contribution in [0.4, 0.5) is 10.5 Å². The van der Waals surface area contributed by atoms with Gasteiger partial charge in [-0.05, 0) is 48.7 Å². The smallest absolute Gasteiger partial charge is 0.329 e. The molecular formula is C20H18Cl3N3O3. The summed E-state index contributed by atoms with van der Waals surface area (Å²) in [6.45, 7) is 2.11. The fourth-order valence-electron chi connectivity index (χ4n) is 3.05. The van der Waals surface area contributed by atoms with E-state index >= 15 is 0 Å². The zero-order valence-corrected chi connectivity index (χ0v) is 17.7. The molecule has 1 saturated heterocycles. The highest BCUT2D eigenvalue weighted by Gasteiger charge is 2.40. The predicted octanol–water partition coefficient (Wildman–Crippen LogP) is 4.79. The topological polar surface area (TPSA) is 78.5 Å². The number of hydrogen-bond acceptors (Lipinski definition) is 3. The summed E-state index contributed by atoms with van der Waals surface area (Å²) in [7, 11) is 0. The number of nitrogens with one attached hydrogen (secondary N) is 2. The van der Waals surface area contributed by atoms with Gasteiger partial charge in [-0.3, -0.25) is 14.5 Å². The Morgan fingerprint density at radius 1 is 1.10 bits per heavy atom. The lowest BCUT2D eigenvalue weighted by Crippen LogP contribution is -2.49. The monoisotopic (exact) mass is 453 g/mol. The van der Waals surface area contributed by atoms with Gasteiger partial charge in [0.15, 0.2) is 0 Å². The lowest BCUT2D eigenvalue weighted by molar-refractivity contribution is -0.132. The molecule has 0 spiro atoms. The minimum Gasteiger partial charge on any atom is -0.350 e. The molecule has 1 heterocycles. The van der Waals surface area contributed by atoms with Crippen LogP contribution in [0.2, 0.25) is 15.1 Å². The molecule has 0 saturated carbocycles. The first-order valence-corrected chi connectivity index (χ1v) is 10.0. The summed E-state index contributed by atoms with van der Waals surface area (Å²) in [4.78, 5) is 38.5. The van der Waals surface area contributed by atoms with E-state index in [2.05, 4.69) is 10.6 Å². The third kappa shape index (κ3) is 5.01. The van der Waals surface area contributed by atoms with E-state index in [-0.39, 0.29) is 24.4 Å². The van der Waals surface area contributed by atoms with E-state index < -0.39 is 23.9 Å². The molecule has 6 nitrogen and oxygen atoms in total. The Morgan fingerprint density at radius 3 is 2.55 bits per heavy atom. The second-order valence-corrected chi connectivity index (χ2v) is 7.94. The van der Waals surface area contributed by atoms with Crippen molar-refractivity contribution in [2.45, 2.75) is 32.4 Å². The standard InChI is InChI=1S/C20H18Cl3N3O3/c1-11-2-3-12(14(22)8-11)10-24-19(28)17-6-7-18(27)26(17)20(29)25-16-5-4-13(21)9-15(16)23/h2-5,8-9,17H,6-7,10H2,1H3,(H,24,28)(H,25,29)/t17-/m0/s1. The number of hydrogen-bond donors (Lipinski definition) is 2. The van der Waals surface area contributed by atoms with E-state index in [1.165, 1.54) is 12.1 Å². The quantitative estimate of drug-likeness (QED) is 0.697. The first-order valence-electron chi connectivity index (χ1n) is 8.87. The second-order valence-electron chi connectivity index (χ2n) is 6.69. The largest absolute Gasteiger partial charge is 0.350 e. The molecule has 2 N–H and O–H groups in total.